The molecule has 1 aliphatic carbocycles. The van der Waals surface area contributed by atoms with Crippen LogP contribution in [-0.2, 0) is 16.1 Å². The zero-order chi connectivity index (χ0) is 16.2. The van der Waals surface area contributed by atoms with Gasteiger partial charge in [0.1, 0.15) is 0 Å². The lowest BCUT2D eigenvalue weighted by atomic mass is 9.64. The molecule has 0 radical (unpaired) electrons. The minimum atomic E-state index is 0.0435. The van der Waals surface area contributed by atoms with Crippen LogP contribution in [0, 0.1) is 5.41 Å². The highest BCUT2D eigenvalue weighted by molar-refractivity contribution is 5.78. The van der Waals surface area contributed by atoms with Gasteiger partial charge in [0.25, 0.3) is 0 Å². The van der Waals surface area contributed by atoms with E-state index in [2.05, 4.69) is 29.0 Å². The molecule has 0 aliphatic heterocycles. The van der Waals surface area contributed by atoms with Crippen molar-refractivity contribution in [2.24, 2.45) is 5.41 Å². The first-order chi connectivity index (χ1) is 10.4. The molecule has 1 fully saturated rings. The molecule has 1 aromatic heterocycles. The molecular formula is C17H27N3O2. The van der Waals surface area contributed by atoms with E-state index >= 15 is 0 Å². The Morgan fingerprint density at radius 1 is 1.55 bits per heavy atom. The monoisotopic (exact) mass is 305 g/mol. The smallest absolute Gasteiger partial charge is 0.234 e. The minimum Gasteiger partial charge on any atom is -0.378 e. The molecular weight excluding hydrogens is 278 g/mol. The first-order valence-electron chi connectivity index (χ1n) is 7.92. The van der Waals surface area contributed by atoms with E-state index in [1.165, 1.54) is 0 Å². The van der Waals surface area contributed by atoms with Gasteiger partial charge in [-0.05, 0) is 32.0 Å². The minimum absolute atomic E-state index is 0.0435. The maximum Gasteiger partial charge on any atom is 0.234 e. The van der Waals surface area contributed by atoms with Crippen LogP contribution in [0.25, 0.3) is 0 Å². The molecule has 2 atom stereocenters. The van der Waals surface area contributed by atoms with E-state index in [0.29, 0.717) is 25.2 Å². The van der Waals surface area contributed by atoms with Crippen molar-refractivity contribution in [1.29, 1.82) is 0 Å². The summed E-state index contributed by atoms with van der Waals surface area (Å²) in [7, 11) is 2.01. The zero-order valence-corrected chi connectivity index (χ0v) is 14.0. The van der Waals surface area contributed by atoms with Crippen molar-refractivity contribution < 1.29 is 9.53 Å². The molecule has 0 aromatic carbocycles. The summed E-state index contributed by atoms with van der Waals surface area (Å²) in [5.41, 5.74) is 1.10. The predicted molar refractivity (Wildman–Crippen MR) is 86.3 cm³/mol. The topological polar surface area (TPSA) is 54.5 Å². The van der Waals surface area contributed by atoms with E-state index in [-0.39, 0.29) is 11.3 Å². The van der Waals surface area contributed by atoms with Crippen LogP contribution >= 0.6 is 0 Å². The van der Waals surface area contributed by atoms with Crippen molar-refractivity contribution in [2.45, 2.75) is 45.9 Å². The average Bonchev–Trinajstić information content (AvgIpc) is 2.50. The molecule has 0 spiro atoms. The second kappa shape index (κ2) is 7.20. The van der Waals surface area contributed by atoms with Gasteiger partial charge in [0.05, 0.1) is 12.6 Å². The Morgan fingerprint density at radius 3 is 2.91 bits per heavy atom. The fourth-order valence-electron chi connectivity index (χ4n) is 3.19. The first-order valence-corrected chi connectivity index (χ1v) is 7.92. The van der Waals surface area contributed by atoms with E-state index in [1.54, 1.807) is 12.4 Å². The number of carbonyl (C=O) groups excluding carboxylic acids is 1. The largest absolute Gasteiger partial charge is 0.378 e. The fourth-order valence-corrected chi connectivity index (χ4v) is 3.19. The summed E-state index contributed by atoms with van der Waals surface area (Å²) in [4.78, 5) is 18.3. The summed E-state index contributed by atoms with van der Waals surface area (Å²) in [6.07, 6.45) is 4.79. The molecule has 1 heterocycles. The van der Waals surface area contributed by atoms with Crippen LogP contribution in [0.4, 0.5) is 0 Å². The Bertz CT molecular complexity index is 490. The normalized spacial score (nSPS) is 23.1. The van der Waals surface area contributed by atoms with Gasteiger partial charge in [0.2, 0.25) is 5.91 Å². The van der Waals surface area contributed by atoms with Crippen molar-refractivity contribution in [3.8, 4) is 0 Å². The first kappa shape index (κ1) is 16.9. The van der Waals surface area contributed by atoms with Crippen LogP contribution in [0.15, 0.2) is 24.5 Å². The molecule has 0 unspecified atom stereocenters. The number of aromatic nitrogens is 1. The number of pyridine rings is 1. The second-order valence-corrected chi connectivity index (χ2v) is 6.57. The highest BCUT2D eigenvalue weighted by atomic mass is 16.5. The maximum absolute atomic E-state index is 12.1. The Balaban J connectivity index is 1.77. The molecule has 1 saturated carbocycles. The maximum atomic E-state index is 12.1. The third-order valence-corrected chi connectivity index (χ3v) is 4.63. The van der Waals surface area contributed by atoms with Gasteiger partial charge in [-0.2, -0.15) is 0 Å². The second-order valence-electron chi connectivity index (χ2n) is 6.57. The van der Waals surface area contributed by atoms with Gasteiger partial charge in [-0.25, -0.2) is 0 Å². The van der Waals surface area contributed by atoms with Crippen molar-refractivity contribution in [3.05, 3.63) is 30.1 Å². The van der Waals surface area contributed by atoms with E-state index in [9.17, 15) is 4.79 Å². The number of amides is 1. The number of carbonyl (C=O) groups is 1. The van der Waals surface area contributed by atoms with Crippen molar-refractivity contribution in [2.75, 3.05) is 20.2 Å². The molecule has 22 heavy (non-hydrogen) atoms. The van der Waals surface area contributed by atoms with Gasteiger partial charge >= 0.3 is 0 Å². The SMILES string of the molecule is CCO[C@H]1C[C@@H](N(C)CC(=O)NCc2cccnc2)C1(C)C. The van der Waals surface area contributed by atoms with Gasteiger partial charge in [-0.15, -0.1) is 0 Å². The Labute approximate surface area is 133 Å². The third-order valence-electron chi connectivity index (χ3n) is 4.63. The summed E-state index contributed by atoms with van der Waals surface area (Å²) in [5, 5.41) is 2.94. The van der Waals surface area contributed by atoms with Crippen LogP contribution in [0.5, 0.6) is 0 Å². The number of likely N-dealkylation sites (N-methyl/N-ethyl adjacent to an activating group) is 1. The summed E-state index contributed by atoms with van der Waals surface area (Å²) in [6, 6.07) is 4.21. The molecule has 0 bridgehead atoms. The predicted octanol–water partition coefficient (Wildman–Crippen LogP) is 1.83. The standard InChI is InChI=1S/C17H27N3O2/c1-5-22-15-9-14(17(15,2)3)20(4)12-16(21)19-11-13-7-6-8-18-10-13/h6-8,10,14-15H,5,9,11-12H2,1-4H3,(H,19,21)/t14-,15+/m1/s1. The molecule has 122 valence electrons. The fraction of sp³-hybridized carbons (Fsp3) is 0.647. The lowest BCUT2D eigenvalue weighted by Gasteiger charge is -2.54. The number of nitrogens with one attached hydrogen (secondary N) is 1. The molecule has 1 aromatic rings. The summed E-state index contributed by atoms with van der Waals surface area (Å²) < 4.78 is 5.75. The molecule has 0 saturated heterocycles. The van der Waals surface area contributed by atoms with Crippen LogP contribution in [-0.4, -0.2) is 48.1 Å². The third kappa shape index (κ3) is 3.84. The number of ether oxygens (including phenoxy) is 1. The molecule has 1 N–H and O–H groups in total. The van der Waals surface area contributed by atoms with Gasteiger partial charge < -0.3 is 10.1 Å². The average molecular weight is 305 g/mol. The number of hydrogen-bond acceptors (Lipinski definition) is 4. The van der Waals surface area contributed by atoms with Crippen molar-refractivity contribution in [1.82, 2.24) is 15.2 Å². The number of rotatable bonds is 7. The molecule has 2 rings (SSSR count). The lowest BCUT2D eigenvalue weighted by molar-refractivity contribution is -0.150. The summed E-state index contributed by atoms with van der Waals surface area (Å²) in [6.45, 7) is 8.13. The lowest BCUT2D eigenvalue weighted by Crippen LogP contribution is -2.62. The number of hydrogen-bond donors (Lipinski definition) is 1. The van der Waals surface area contributed by atoms with E-state index < -0.39 is 0 Å². The van der Waals surface area contributed by atoms with Gasteiger partial charge in [0, 0.05) is 37.0 Å². The number of nitrogens with zero attached hydrogens (tertiary/aromatic N) is 2. The van der Waals surface area contributed by atoms with Crippen molar-refractivity contribution in [3.63, 3.8) is 0 Å². The summed E-state index contributed by atoms with van der Waals surface area (Å²) in [5.74, 6) is 0.0435. The summed E-state index contributed by atoms with van der Waals surface area (Å²) >= 11 is 0. The Kier molecular flexibility index (Phi) is 5.53. The molecule has 5 nitrogen and oxygen atoms in total. The quantitative estimate of drug-likeness (QED) is 0.835. The van der Waals surface area contributed by atoms with Crippen LogP contribution < -0.4 is 5.32 Å². The molecule has 1 amide bonds. The van der Waals surface area contributed by atoms with Crippen LogP contribution in [0.1, 0.15) is 32.8 Å². The molecule has 5 heteroatoms. The highest BCUT2D eigenvalue weighted by Gasteiger charge is 2.50. The Morgan fingerprint density at radius 2 is 2.32 bits per heavy atom. The zero-order valence-electron chi connectivity index (χ0n) is 14.0. The Hall–Kier alpha value is -1.46. The molecule has 1 aliphatic rings. The van der Waals surface area contributed by atoms with Gasteiger partial charge in [0.15, 0.2) is 0 Å². The van der Waals surface area contributed by atoms with E-state index in [0.717, 1.165) is 18.6 Å². The van der Waals surface area contributed by atoms with Crippen LogP contribution in [0.3, 0.4) is 0 Å². The highest BCUT2D eigenvalue weighted by Crippen LogP contribution is 2.45. The van der Waals surface area contributed by atoms with Crippen LogP contribution in [0.2, 0.25) is 0 Å². The van der Waals surface area contributed by atoms with E-state index in [4.69, 9.17) is 4.74 Å². The van der Waals surface area contributed by atoms with Gasteiger partial charge in [-0.3, -0.25) is 14.7 Å². The van der Waals surface area contributed by atoms with E-state index in [1.807, 2.05) is 26.1 Å². The van der Waals surface area contributed by atoms with Gasteiger partial charge in [-0.1, -0.05) is 19.9 Å². The van der Waals surface area contributed by atoms with Crippen molar-refractivity contribution >= 4 is 5.91 Å².